The molecule has 0 bridgehead atoms. The van der Waals surface area contributed by atoms with E-state index in [0.717, 1.165) is 29.4 Å². The summed E-state index contributed by atoms with van der Waals surface area (Å²) in [7, 11) is 0. The topological polar surface area (TPSA) is 54.0 Å². The minimum atomic E-state index is 0.0159. The van der Waals surface area contributed by atoms with Crippen molar-refractivity contribution in [2.24, 2.45) is 0 Å². The number of aromatic nitrogens is 1. The van der Waals surface area contributed by atoms with E-state index in [1.54, 1.807) is 0 Å². The number of thiazole rings is 1. The number of hydrogen-bond acceptors (Lipinski definition) is 4. The van der Waals surface area contributed by atoms with Crippen molar-refractivity contribution in [3.8, 4) is 0 Å². The number of carbonyl (C=O) groups is 1. The lowest BCUT2D eigenvalue weighted by atomic mass is 10.1. The Bertz CT molecular complexity index is 818. The Morgan fingerprint density at radius 3 is 2.50 bits per heavy atom. The Kier molecular flexibility index (Phi) is 6.39. The van der Waals surface area contributed by atoms with E-state index in [0.29, 0.717) is 6.42 Å². The summed E-state index contributed by atoms with van der Waals surface area (Å²) < 4.78 is 0. The van der Waals surface area contributed by atoms with E-state index in [2.05, 4.69) is 27.8 Å². The number of hydrogen-bond donors (Lipinski definition) is 2. The minimum absolute atomic E-state index is 0.0159. The summed E-state index contributed by atoms with van der Waals surface area (Å²) in [5.41, 5.74) is 3.08. The molecule has 1 heterocycles. The lowest BCUT2D eigenvalue weighted by molar-refractivity contribution is -0.121. The van der Waals surface area contributed by atoms with Gasteiger partial charge in [-0.15, -0.1) is 11.3 Å². The number of benzene rings is 2. The molecule has 0 radical (unpaired) electrons. The predicted octanol–water partition coefficient (Wildman–Crippen LogP) is 4.57. The van der Waals surface area contributed by atoms with Crippen LogP contribution >= 0.6 is 11.3 Å². The third-order valence-electron chi connectivity index (χ3n) is 4.03. The summed E-state index contributed by atoms with van der Waals surface area (Å²) in [6.07, 6.45) is 2.19. The molecule has 3 rings (SSSR count). The van der Waals surface area contributed by atoms with Crippen LogP contribution in [0.1, 0.15) is 24.6 Å². The summed E-state index contributed by atoms with van der Waals surface area (Å²) in [5.74, 6) is 0.0159. The molecule has 0 fully saturated rings. The zero-order valence-corrected chi connectivity index (χ0v) is 15.6. The van der Waals surface area contributed by atoms with Gasteiger partial charge in [0.05, 0.1) is 12.1 Å². The first kappa shape index (κ1) is 18.1. The molecule has 0 saturated carbocycles. The van der Waals surface area contributed by atoms with Gasteiger partial charge in [0.25, 0.3) is 0 Å². The van der Waals surface area contributed by atoms with Gasteiger partial charge >= 0.3 is 0 Å². The molecule has 1 atom stereocenters. The normalized spacial score (nSPS) is 11.7. The molecule has 2 N–H and O–H groups in total. The molecule has 3 aromatic rings. The van der Waals surface area contributed by atoms with Gasteiger partial charge in [-0.1, -0.05) is 48.5 Å². The molecule has 0 aliphatic rings. The smallest absolute Gasteiger partial charge is 0.226 e. The highest BCUT2D eigenvalue weighted by Crippen LogP contribution is 2.20. The van der Waals surface area contributed by atoms with Gasteiger partial charge in [0.2, 0.25) is 5.91 Å². The maximum atomic E-state index is 12.2. The van der Waals surface area contributed by atoms with E-state index in [4.69, 9.17) is 0 Å². The molecule has 134 valence electrons. The first-order chi connectivity index (χ1) is 12.7. The van der Waals surface area contributed by atoms with Crippen LogP contribution in [0.15, 0.2) is 66.0 Å². The molecule has 1 unspecified atom stereocenters. The number of aryl methyl sites for hydroxylation is 1. The van der Waals surface area contributed by atoms with Gasteiger partial charge in [-0.25, -0.2) is 4.98 Å². The third-order valence-corrected chi connectivity index (χ3v) is 4.84. The fourth-order valence-corrected chi connectivity index (χ4v) is 3.41. The molecule has 4 nitrogen and oxygen atoms in total. The highest BCUT2D eigenvalue weighted by Gasteiger charge is 2.11. The summed E-state index contributed by atoms with van der Waals surface area (Å²) in [6, 6.07) is 20.4. The third kappa shape index (κ3) is 5.70. The maximum absolute atomic E-state index is 12.2. The van der Waals surface area contributed by atoms with Crippen molar-refractivity contribution in [1.29, 1.82) is 0 Å². The standard InChI is InChI=1S/C21H23N3OS/c1-16(12-13-17-8-4-2-5-9-17)22-20(25)14-19-15-26-21(24-19)23-18-10-6-3-7-11-18/h2-11,15-16H,12-14H2,1H3,(H,22,25)(H,23,24). The zero-order chi connectivity index (χ0) is 18.2. The Morgan fingerprint density at radius 2 is 1.77 bits per heavy atom. The van der Waals surface area contributed by atoms with Gasteiger partial charge in [0, 0.05) is 17.1 Å². The van der Waals surface area contributed by atoms with Crippen molar-refractivity contribution in [3.63, 3.8) is 0 Å². The Labute approximate surface area is 158 Å². The lowest BCUT2D eigenvalue weighted by Gasteiger charge is -2.13. The van der Waals surface area contributed by atoms with Crippen molar-refractivity contribution in [3.05, 3.63) is 77.3 Å². The van der Waals surface area contributed by atoms with Gasteiger partial charge in [-0.3, -0.25) is 4.79 Å². The van der Waals surface area contributed by atoms with E-state index in [9.17, 15) is 4.79 Å². The Balaban J connectivity index is 1.44. The van der Waals surface area contributed by atoms with E-state index in [1.165, 1.54) is 16.9 Å². The van der Waals surface area contributed by atoms with Crippen LogP contribution in [0, 0.1) is 0 Å². The number of nitrogens with one attached hydrogen (secondary N) is 2. The molecular weight excluding hydrogens is 342 g/mol. The van der Waals surface area contributed by atoms with Crippen molar-refractivity contribution in [1.82, 2.24) is 10.3 Å². The number of nitrogens with zero attached hydrogens (tertiary/aromatic N) is 1. The predicted molar refractivity (Wildman–Crippen MR) is 108 cm³/mol. The van der Waals surface area contributed by atoms with Gasteiger partial charge in [-0.05, 0) is 37.5 Å². The van der Waals surface area contributed by atoms with E-state index in [1.807, 2.05) is 60.8 Å². The minimum Gasteiger partial charge on any atom is -0.353 e. The second-order valence-corrected chi connectivity index (χ2v) is 7.16. The zero-order valence-electron chi connectivity index (χ0n) is 14.8. The van der Waals surface area contributed by atoms with Gasteiger partial charge in [0.15, 0.2) is 5.13 Å². The quantitative estimate of drug-likeness (QED) is 0.615. The Hall–Kier alpha value is -2.66. The molecule has 0 aliphatic heterocycles. The van der Waals surface area contributed by atoms with E-state index < -0.39 is 0 Å². The van der Waals surface area contributed by atoms with E-state index >= 15 is 0 Å². The fourth-order valence-electron chi connectivity index (χ4n) is 2.68. The molecule has 0 spiro atoms. The molecule has 2 aromatic carbocycles. The molecule has 26 heavy (non-hydrogen) atoms. The van der Waals surface area contributed by atoms with Crippen LogP contribution < -0.4 is 10.6 Å². The van der Waals surface area contributed by atoms with Crippen LogP contribution in [0.2, 0.25) is 0 Å². The van der Waals surface area contributed by atoms with Crippen LogP contribution in [0.3, 0.4) is 0 Å². The molecular formula is C21H23N3OS. The van der Waals surface area contributed by atoms with Gasteiger partial charge in [0.1, 0.15) is 0 Å². The highest BCUT2D eigenvalue weighted by atomic mass is 32.1. The van der Waals surface area contributed by atoms with Gasteiger partial charge in [-0.2, -0.15) is 0 Å². The number of rotatable bonds is 8. The number of para-hydroxylation sites is 1. The van der Waals surface area contributed by atoms with Crippen LogP contribution in [-0.4, -0.2) is 16.9 Å². The number of anilines is 2. The second kappa shape index (κ2) is 9.15. The van der Waals surface area contributed by atoms with Crippen molar-refractivity contribution in [2.75, 3.05) is 5.32 Å². The molecule has 0 saturated heterocycles. The summed E-state index contributed by atoms with van der Waals surface area (Å²) in [5, 5.41) is 9.05. The largest absolute Gasteiger partial charge is 0.353 e. The average Bonchev–Trinajstić information content (AvgIpc) is 3.08. The molecule has 1 aromatic heterocycles. The van der Waals surface area contributed by atoms with Crippen LogP contribution in [0.5, 0.6) is 0 Å². The highest BCUT2D eigenvalue weighted by molar-refractivity contribution is 7.13. The SMILES string of the molecule is CC(CCc1ccccc1)NC(=O)Cc1csc(Nc2ccccc2)n1. The van der Waals surface area contributed by atoms with Crippen LogP contribution in [0.4, 0.5) is 10.8 Å². The van der Waals surface area contributed by atoms with Crippen molar-refractivity contribution in [2.45, 2.75) is 32.2 Å². The molecule has 1 amide bonds. The van der Waals surface area contributed by atoms with Crippen molar-refractivity contribution >= 4 is 28.1 Å². The second-order valence-electron chi connectivity index (χ2n) is 6.30. The molecule has 0 aliphatic carbocycles. The number of carbonyl (C=O) groups excluding carboxylic acids is 1. The summed E-state index contributed by atoms with van der Waals surface area (Å²) in [6.45, 7) is 2.05. The van der Waals surface area contributed by atoms with Crippen LogP contribution in [0.25, 0.3) is 0 Å². The molecule has 5 heteroatoms. The first-order valence-corrected chi connectivity index (χ1v) is 9.67. The fraction of sp³-hybridized carbons (Fsp3) is 0.238. The monoisotopic (exact) mass is 365 g/mol. The first-order valence-electron chi connectivity index (χ1n) is 8.79. The van der Waals surface area contributed by atoms with Crippen LogP contribution in [-0.2, 0) is 17.6 Å². The maximum Gasteiger partial charge on any atom is 0.226 e. The van der Waals surface area contributed by atoms with Gasteiger partial charge < -0.3 is 10.6 Å². The lowest BCUT2D eigenvalue weighted by Crippen LogP contribution is -2.34. The van der Waals surface area contributed by atoms with Crippen molar-refractivity contribution < 1.29 is 4.79 Å². The number of amides is 1. The summed E-state index contributed by atoms with van der Waals surface area (Å²) in [4.78, 5) is 16.7. The summed E-state index contributed by atoms with van der Waals surface area (Å²) >= 11 is 1.51. The average molecular weight is 366 g/mol. The Morgan fingerprint density at radius 1 is 1.08 bits per heavy atom. The van der Waals surface area contributed by atoms with E-state index in [-0.39, 0.29) is 11.9 Å².